The van der Waals surface area contributed by atoms with Gasteiger partial charge in [0, 0.05) is 11.1 Å². The summed E-state index contributed by atoms with van der Waals surface area (Å²) in [6.07, 6.45) is 1.49. The van der Waals surface area contributed by atoms with Gasteiger partial charge in [-0.1, -0.05) is 18.2 Å². The third kappa shape index (κ3) is 4.92. The molecule has 0 spiro atoms. The SMILES string of the molecule is COc1cc(C(=O)Nc2cnc(NC(=O)c3ccccc3)cc2C)cc(OC)c1OC. The monoisotopic (exact) mass is 421 g/mol. The molecule has 0 aliphatic rings. The van der Waals surface area contributed by atoms with Gasteiger partial charge in [-0.2, -0.15) is 0 Å². The number of carbonyl (C=O) groups excluding carboxylic acids is 2. The second kappa shape index (κ2) is 9.62. The number of ether oxygens (including phenoxy) is 3. The maximum Gasteiger partial charge on any atom is 0.256 e. The van der Waals surface area contributed by atoms with Gasteiger partial charge in [0.05, 0.1) is 33.2 Å². The third-order valence-electron chi connectivity index (χ3n) is 4.56. The van der Waals surface area contributed by atoms with Crippen LogP contribution in [0.2, 0.25) is 0 Å². The van der Waals surface area contributed by atoms with E-state index in [0.29, 0.717) is 39.9 Å². The molecular formula is C23H23N3O5. The zero-order chi connectivity index (χ0) is 22.4. The molecule has 0 fully saturated rings. The molecule has 0 aliphatic heterocycles. The lowest BCUT2D eigenvalue weighted by atomic mass is 10.1. The minimum Gasteiger partial charge on any atom is -0.493 e. The van der Waals surface area contributed by atoms with E-state index in [2.05, 4.69) is 15.6 Å². The summed E-state index contributed by atoms with van der Waals surface area (Å²) < 4.78 is 15.9. The number of nitrogens with zero attached hydrogens (tertiary/aromatic N) is 1. The number of rotatable bonds is 7. The number of hydrogen-bond donors (Lipinski definition) is 2. The summed E-state index contributed by atoms with van der Waals surface area (Å²) in [7, 11) is 4.46. The fourth-order valence-electron chi connectivity index (χ4n) is 2.94. The van der Waals surface area contributed by atoms with Crippen LogP contribution in [0.4, 0.5) is 11.5 Å². The van der Waals surface area contributed by atoms with E-state index in [-0.39, 0.29) is 11.8 Å². The Kier molecular flexibility index (Phi) is 6.71. The molecule has 8 heteroatoms. The van der Waals surface area contributed by atoms with Crippen molar-refractivity contribution in [2.45, 2.75) is 6.92 Å². The molecule has 0 saturated heterocycles. The van der Waals surface area contributed by atoms with E-state index in [1.165, 1.54) is 27.5 Å². The number of anilines is 2. The van der Waals surface area contributed by atoms with Gasteiger partial charge in [0.2, 0.25) is 5.75 Å². The van der Waals surface area contributed by atoms with E-state index < -0.39 is 0 Å². The summed E-state index contributed by atoms with van der Waals surface area (Å²) in [5.41, 5.74) is 2.10. The number of pyridine rings is 1. The molecule has 3 rings (SSSR count). The standard InChI is InChI=1S/C23H23N3O5/c1-14-10-20(26-22(27)15-8-6-5-7-9-15)24-13-17(14)25-23(28)16-11-18(29-2)21(31-4)19(12-16)30-3/h5-13H,1-4H3,(H,25,28)(H,24,26,27). The molecule has 8 nitrogen and oxygen atoms in total. The number of carbonyl (C=O) groups is 2. The lowest BCUT2D eigenvalue weighted by molar-refractivity contribution is 0.101. The molecule has 0 atom stereocenters. The topological polar surface area (TPSA) is 98.8 Å². The number of benzene rings is 2. The molecular weight excluding hydrogens is 398 g/mol. The van der Waals surface area contributed by atoms with Gasteiger partial charge in [0.15, 0.2) is 11.5 Å². The number of aryl methyl sites for hydroxylation is 1. The van der Waals surface area contributed by atoms with Crippen molar-refractivity contribution in [3.8, 4) is 17.2 Å². The quantitative estimate of drug-likeness (QED) is 0.600. The van der Waals surface area contributed by atoms with Crippen molar-refractivity contribution in [1.82, 2.24) is 4.98 Å². The molecule has 3 aromatic rings. The molecule has 0 saturated carbocycles. The maximum atomic E-state index is 12.8. The van der Waals surface area contributed by atoms with E-state index in [4.69, 9.17) is 14.2 Å². The predicted octanol–water partition coefficient (Wildman–Crippen LogP) is 3.92. The second-order valence-corrected chi connectivity index (χ2v) is 6.57. The number of nitrogens with one attached hydrogen (secondary N) is 2. The van der Waals surface area contributed by atoms with Crippen molar-refractivity contribution in [2.75, 3.05) is 32.0 Å². The van der Waals surface area contributed by atoms with Crippen LogP contribution in [0.3, 0.4) is 0 Å². The molecule has 2 N–H and O–H groups in total. The summed E-state index contributed by atoms with van der Waals surface area (Å²) in [5.74, 6) is 0.906. The summed E-state index contributed by atoms with van der Waals surface area (Å²) in [5, 5.41) is 5.56. The van der Waals surface area contributed by atoms with Gasteiger partial charge in [0.1, 0.15) is 5.82 Å². The number of amides is 2. The van der Waals surface area contributed by atoms with Crippen LogP contribution in [0.5, 0.6) is 17.2 Å². The summed E-state index contributed by atoms with van der Waals surface area (Å²) in [6.45, 7) is 1.81. The first-order chi connectivity index (χ1) is 15.0. The van der Waals surface area contributed by atoms with Gasteiger partial charge >= 0.3 is 0 Å². The Morgan fingerprint density at radius 2 is 1.42 bits per heavy atom. The Morgan fingerprint density at radius 1 is 0.806 bits per heavy atom. The minimum atomic E-state index is -0.370. The highest BCUT2D eigenvalue weighted by Crippen LogP contribution is 2.38. The predicted molar refractivity (Wildman–Crippen MR) is 117 cm³/mol. The average Bonchev–Trinajstić information content (AvgIpc) is 2.80. The van der Waals surface area contributed by atoms with Crippen LogP contribution in [0.1, 0.15) is 26.3 Å². The number of aromatic nitrogens is 1. The minimum absolute atomic E-state index is 0.262. The smallest absolute Gasteiger partial charge is 0.256 e. The van der Waals surface area contributed by atoms with Crippen LogP contribution in [0, 0.1) is 6.92 Å². The molecule has 0 aliphatic carbocycles. The van der Waals surface area contributed by atoms with Crippen LogP contribution in [0.15, 0.2) is 54.7 Å². The fourth-order valence-corrected chi connectivity index (χ4v) is 2.94. The molecule has 160 valence electrons. The first-order valence-corrected chi connectivity index (χ1v) is 9.41. The number of hydrogen-bond acceptors (Lipinski definition) is 6. The average molecular weight is 421 g/mol. The zero-order valence-electron chi connectivity index (χ0n) is 17.7. The highest BCUT2D eigenvalue weighted by atomic mass is 16.5. The van der Waals surface area contributed by atoms with E-state index in [9.17, 15) is 9.59 Å². The van der Waals surface area contributed by atoms with Crippen molar-refractivity contribution in [2.24, 2.45) is 0 Å². The van der Waals surface area contributed by atoms with Gasteiger partial charge in [0.25, 0.3) is 11.8 Å². The van der Waals surface area contributed by atoms with Gasteiger partial charge < -0.3 is 24.8 Å². The van der Waals surface area contributed by atoms with E-state index >= 15 is 0 Å². The van der Waals surface area contributed by atoms with Crippen molar-refractivity contribution in [1.29, 1.82) is 0 Å². The van der Waals surface area contributed by atoms with Crippen molar-refractivity contribution >= 4 is 23.3 Å². The summed E-state index contributed by atoms with van der Waals surface area (Å²) in [4.78, 5) is 29.3. The number of methoxy groups -OCH3 is 3. The Hall–Kier alpha value is -4.07. The van der Waals surface area contributed by atoms with Crippen LogP contribution in [-0.4, -0.2) is 38.1 Å². The first kappa shape index (κ1) is 21.6. The second-order valence-electron chi connectivity index (χ2n) is 6.57. The molecule has 2 amide bonds. The Bertz CT molecular complexity index is 1070. The van der Waals surface area contributed by atoms with Gasteiger partial charge in [-0.25, -0.2) is 4.98 Å². The lowest BCUT2D eigenvalue weighted by Crippen LogP contribution is -2.15. The first-order valence-electron chi connectivity index (χ1n) is 9.41. The normalized spacial score (nSPS) is 10.2. The van der Waals surface area contributed by atoms with Crippen molar-refractivity contribution in [3.63, 3.8) is 0 Å². The molecule has 0 bridgehead atoms. The Balaban J connectivity index is 1.77. The van der Waals surface area contributed by atoms with Gasteiger partial charge in [-0.05, 0) is 42.8 Å². The lowest BCUT2D eigenvalue weighted by Gasteiger charge is -2.15. The largest absolute Gasteiger partial charge is 0.493 e. The van der Waals surface area contributed by atoms with E-state index in [1.54, 1.807) is 42.5 Å². The van der Waals surface area contributed by atoms with E-state index in [0.717, 1.165) is 5.56 Å². The molecule has 31 heavy (non-hydrogen) atoms. The highest BCUT2D eigenvalue weighted by Gasteiger charge is 2.18. The third-order valence-corrected chi connectivity index (χ3v) is 4.56. The summed E-state index contributed by atoms with van der Waals surface area (Å²) in [6, 6.07) is 13.7. The molecule has 1 aromatic heterocycles. The van der Waals surface area contributed by atoms with E-state index in [1.807, 2.05) is 13.0 Å². The Labute approximate surface area is 180 Å². The van der Waals surface area contributed by atoms with Crippen molar-refractivity contribution in [3.05, 3.63) is 71.4 Å². The molecule has 2 aromatic carbocycles. The van der Waals surface area contributed by atoms with Crippen LogP contribution >= 0.6 is 0 Å². The van der Waals surface area contributed by atoms with Crippen LogP contribution in [-0.2, 0) is 0 Å². The maximum absolute atomic E-state index is 12.8. The molecule has 0 unspecified atom stereocenters. The van der Waals surface area contributed by atoms with Crippen LogP contribution in [0.25, 0.3) is 0 Å². The molecule has 1 heterocycles. The Morgan fingerprint density at radius 3 is 1.97 bits per heavy atom. The zero-order valence-corrected chi connectivity index (χ0v) is 17.7. The fraction of sp³-hybridized carbons (Fsp3) is 0.174. The highest BCUT2D eigenvalue weighted by molar-refractivity contribution is 6.06. The van der Waals surface area contributed by atoms with Crippen molar-refractivity contribution < 1.29 is 23.8 Å². The van der Waals surface area contributed by atoms with Gasteiger partial charge in [-0.15, -0.1) is 0 Å². The van der Waals surface area contributed by atoms with Crippen LogP contribution < -0.4 is 24.8 Å². The summed E-state index contributed by atoms with van der Waals surface area (Å²) >= 11 is 0. The molecule has 0 radical (unpaired) electrons. The van der Waals surface area contributed by atoms with Gasteiger partial charge in [-0.3, -0.25) is 9.59 Å².